The maximum absolute atomic E-state index is 13.2. The van der Waals surface area contributed by atoms with Gasteiger partial charge in [0.1, 0.15) is 6.54 Å². The number of likely N-dealkylation sites (N-methyl/N-ethyl adjacent to an activating group) is 1. The Hall–Kier alpha value is -2.57. The predicted molar refractivity (Wildman–Crippen MR) is 139 cm³/mol. The highest BCUT2D eigenvalue weighted by Gasteiger charge is 2.26. The molecule has 2 N–H and O–H groups in total. The number of unbranched alkanes of at least 4 members (excludes halogenated alkanes) is 4. The lowest BCUT2D eigenvalue weighted by atomic mass is 10.3. The molecule has 0 aromatic heterocycles. The van der Waals surface area contributed by atoms with E-state index in [4.69, 9.17) is 33.7 Å². The van der Waals surface area contributed by atoms with E-state index in [0.717, 1.165) is 38.5 Å². The van der Waals surface area contributed by atoms with Gasteiger partial charge in [-0.2, -0.15) is 0 Å². The molecule has 0 aromatic carbocycles. The maximum atomic E-state index is 13.2. The molecule has 0 rings (SSSR count). The minimum Gasteiger partial charge on any atom is -0.468 e. The van der Waals surface area contributed by atoms with Gasteiger partial charge in [-0.05, 0) is 12.8 Å². The van der Waals surface area contributed by atoms with Gasteiger partial charge in [0.05, 0.1) is 46.8 Å². The smallest absolute Gasteiger partial charge is 0.468 e. The Labute approximate surface area is 225 Å². The Bertz CT molecular complexity index is 714. The average Bonchev–Trinajstić information content (AvgIpc) is 2.88. The predicted octanol–water partition coefficient (Wildman–Crippen LogP) is 4.01. The molecule has 0 unspecified atom stereocenters. The number of hydrogen-bond acceptors (Lipinski definition) is 11. The molecule has 0 radical (unpaired) electrons. The zero-order valence-corrected chi connectivity index (χ0v) is 23.9. The molecule has 0 amide bonds. The highest BCUT2D eigenvalue weighted by molar-refractivity contribution is 7.52. The zero-order chi connectivity index (χ0) is 28.7. The first-order chi connectivity index (χ1) is 18.2. The monoisotopic (exact) mass is 569 g/mol. The standard InChI is InChI=1S/C23H44N3O11P/c1-5-7-9-13-32-22(28)34-15-11-17-36-38(30,25-21(24)26(3)19-20(27)31-4)37-18-12-16-35-23(29)33-14-10-8-6-2/h5-19H2,1-4H3,(H2,24,25,30). The normalized spacial score (nSPS) is 11.5. The fraction of sp³-hybridized carbons (Fsp3) is 0.826. The number of ether oxygens (including phenoxy) is 5. The molecule has 38 heavy (non-hydrogen) atoms. The van der Waals surface area contributed by atoms with E-state index in [-0.39, 0.29) is 65.0 Å². The highest BCUT2D eigenvalue weighted by Crippen LogP contribution is 2.50. The molecule has 0 aliphatic rings. The lowest BCUT2D eigenvalue weighted by molar-refractivity contribution is -0.140. The Balaban J connectivity index is 4.70. The van der Waals surface area contributed by atoms with Crippen LogP contribution >= 0.6 is 7.75 Å². The third-order valence-corrected chi connectivity index (χ3v) is 6.14. The number of carbonyl (C=O) groups is 3. The van der Waals surface area contributed by atoms with Crippen LogP contribution in [0.3, 0.4) is 0 Å². The number of rotatable bonds is 21. The maximum Gasteiger partial charge on any atom is 0.508 e. The first kappa shape index (κ1) is 35.4. The SMILES string of the molecule is CCCCCOC(=O)OCCCOP(=O)(/N=C(\N)N(C)CC(=O)OC)OCCCOC(=O)OCCCCC. The second-order valence-electron chi connectivity index (χ2n) is 8.04. The number of methoxy groups -OCH3 is 1. The van der Waals surface area contributed by atoms with Crippen LogP contribution in [0.25, 0.3) is 0 Å². The van der Waals surface area contributed by atoms with Crippen molar-refractivity contribution in [2.75, 3.05) is 60.3 Å². The van der Waals surface area contributed by atoms with Crippen LogP contribution in [-0.2, 0) is 42.1 Å². The summed E-state index contributed by atoms with van der Waals surface area (Å²) < 4.78 is 52.0. The first-order valence-electron chi connectivity index (χ1n) is 12.8. The van der Waals surface area contributed by atoms with Crippen molar-refractivity contribution in [1.82, 2.24) is 4.90 Å². The zero-order valence-electron chi connectivity index (χ0n) is 23.0. The van der Waals surface area contributed by atoms with Crippen LogP contribution in [-0.4, -0.2) is 89.5 Å². The van der Waals surface area contributed by atoms with Crippen LogP contribution in [0.5, 0.6) is 0 Å². The number of guanidine groups is 1. The third-order valence-electron chi connectivity index (χ3n) is 4.67. The summed E-state index contributed by atoms with van der Waals surface area (Å²) in [5.41, 5.74) is 5.85. The molecule has 222 valence electrons. The minimum atomic E-state index is -4.13. The number of nitrogens with two attached hydrogens (primary N) is 1. The van der Waals surface area contributed by atoms with E-state index in [2.05, 4.69) is 9.50 Å². The van der Waals surface area contributed by atoms with Crippen LogP contribution in [0.1, 0.15) is 65.2 Å². The summed E-state index contributed by atoms with van der Waals surface area (Å²) in [7, 11) is -1.47. The van der Waals surface area contributed by atoms with Crippen LogP contribution in [0.15, 0.2) is 4.76 Å². The van der Waals surface area contributed by atoms with E-state index in [1.165, 1.54) is 19.1 Å². The quantitative estimate of drug-likeness (QED) is 0.0524. The second-order valence-corrected chi connectivity index (χ2v) is 9.69. The lowest BCUT2D eigenvalue weighted by Crippen LogP contribution is -2.38. The molecule has 0 aromatic rings. The Morgan fingerprint density at radius 3 is 1.55 bits per heavy atom. The lowest BCUT2D eigenvalue weighted by Gasteiger charge is -2.19. The third kappa shape index (κ3) is 19.5. The summed E-state index contributed by atoms with van der Waals surface area (Å²) in [6.07, 6.45) is 4.18. The molecule has 0 heterocycles. The molecule has 0 saturated heterocycles. The summed E-state index contributed by atoms with van der Waals surface area (Å²) >= 11 is 0. The van der Waals surface area contributed by atoms with Gasteiger partial charge in [0.2, 0.25) is 5.96 Å². The summed E-state index contributed by atoms with van der Waals surface area (Å²) in [6, 6.07) is 0. The van der Waals surface area contributed by atoms with Gasteiger partial charge < -0.3 is 34.3 Å². The summed E-state index contributed by atoms with van der Waals surface area (Å²) in [4.78, 5) is 35.8. The van der Waals surface area contributed by atoms with E-state index < -0.39 is 26.0 Å². The average molecular weight is 570 g/mol. The number of nitrogens with zero attached hydrogens (tertiary/aromatic N) is 2. The number of carbonyl (C=O) groups excluding carboxylic acids is 3. The van der Waals surface area contributed by atoms with Crippen molar-refractivity contribution < 1.29 is 51.7 Å². The van der Waals surface area contributed by atoms with Gasteiger partial charge in [-0.25, -0.2) is 14.2 Å². The van der Waals surface area contributed by atoms with Gasteiger partial charge in [-0.3, -0.25) is 13.8 Å². The van der Waals surface area contributed by atoms with E-state index in [1.807, 2.05) is 13.8 Å². The highest BCUT2D eigenvalue weighted by atomic mass is 31.2. The van der Waals surface area contributed by atoms with Gasteiger partial charge in [0.15, 0.2) is 0 Å². The molecule has 14 nitrogen and oxygen atoms in total. The molecule has 0 spiro atoms. The molecular weight excluding hydrogens is 525 g/mol. The van der Waals surface area contributed by atoms with Gasteiger partial charge in [-0.1, -0.05) is 39.5 Å². The molecule has 0 aliphatic heterocycles. The van der Waals surface area contributed by atoms with Crippen molar-refractivity contribution in [3.63, 3.8) is 0 Å². The van der Waals surface area contributed by atoms with Crippen LogP contribution < -0.4 is 5.73 Å². The van der Waals surface area contributed by atoms with Gasteiger partial charge in [0.25, 0.3) is 0 Å². The van der Waals surface area contributed by atoms with Crippen molar-refractivity contribution in [3.8, 4) is 0 Å². The Morgan fingerprint density at radius 2 is 1.16 bits per heavy atom. The molecule has 0 saturated carbocycles. The van der Waals surface area contributed by atoms with Gasteiger partial charge in [-0.15, -0.1) is 4.76 Å². The van der Waals surface area contributed by atoms with E-state index in [9.17, 15) is 18.9 Å². The van der Waals surface area contributed by atoms with Crippen molar-refractivity contribution in [2.24, 2.45) is 10.5 Å². The molecule has 0 aliphatic carbocycles. The Morgan fingerprint density at radius 1 is 0.737 bits per heavy atom. The van der Waals surface area contributed by atoms with E-state index in [0.29, 0.717) is 0 Å². The largest absolute Gasteiger partial charge is 0.508 e. The number of hydrogen-bond donors (Lipinski definition) is 1. The van der Waals surface area contributed by atoms with Crippen LogP contribution in [0.2, 0.25) is 0 Å². The molecule has 15 heteroatoms. The van der Waals surface area contributed by atoms with E-state index >= 15 is 0 Å². The van der Waals surface area contributed by atoms with Crippen LogP contribution in [0, 0.1) is 0 Å². The summed E-state index contributed by atoms with van der Waals surface area (Å²) in [5.74, 6) is -0.864. The molecule has 0 fully saturated rings. The van der Waals surface area contributed by atoms with Crippen molar-refractivity contribution in [1.29, 1.82) is 0 Å². The van der Waals surface area contributed by atoms with Crippen molar-refractivity contribution in [3.05, 3.63) is 0 Å². The Kier molecular flexibility index (Phi) is 20.9. The fourth-order valence-electron chi connectivity index (χ4n) is 2.52. The fourth-order valence-corrected chi connectivity index (χ4v) is 3.84. The van der Waals surface area contributed by atoms with Gasteiger partial charge in [0, 0.05) is 19.9 Å². The van der Waals surface area contributed by atoms with Crippen LogP contribution in [0.4, 0.5) is 9.59 Å². The minimum absolute atomic E-state index is 0.0394. The first-order valence-corrected chi connectivity index (χ1v) is 14.3. The molecule has 0 atom stereocenters. The number of esters is 1. The topological polar surface area (TPSA) is 175 Å². The molecule has 0 bridgehead atoms. The van der Waals surface area contributed by atoms with Crippen molar-refractivity contribution in [2.45, 2.75) is 65.2 Å². The van der Waals surface area contributed by atoms with Crippen molar-refractivity contribution >= 4 is 32.0 Å². The summed E-state index contributed by atoms with van der Waals surface area (Å²) in [5, 5.41) is 0. The van der Waals surface area contributed by atoms with Gasteiger partial charge >= 0.3 is 26.0 Å². The second kappa shape index (κ2) is 22.4. The van der Waals surface area contributed by atoms with E-state index in [1.54, 1.807) is 0 Å². The summed E-state index contributed by atoms with van der Waals surface area (Å²) in [6.45, 7) is 4.03. The molecular formula is C23H44N3O11P.